The van der Waals surface area contributed by atoms with Crippen LogP contribution in [-0.4, -0.2) is 118 Å². The average molecular weight is 1220 g/mol. The van der Waals surface area contributed by atoms with Crippen molar-refractivity contribution in [2.75, 3.05) is 25.9 Å². The van der Waals surface area contributed by atoms with Crippen molar-refractivity contribution < 1.29 is 111 Å². The van der Waals surface area contributed by atoms with Crippen LogP contribution in [0.4, 0.5) is 0 Å². The second-order valence-electron chi connectivity index (χ2n) is 19.8. The summed E-state index contributed by atoms with van der Waals surface area (Å²) in [4.78, 5) is 75.5. The molecule has 4 aromatic carbocycles. The third-order valence-corrected chi connectivity index (χ3v) is 16.0. The number of benzene rings is 4. The van der Waals surface area contributed by atoms with Crippen molar-refractivity contribution in [3.63, 3.8) is 0 Å². The summed E-state index contributed by atoms with van der Waals surface area (Å²) >= 11 is 1.36. The molecule has 4 fully saturated rings. The van der Waals surface area contributed by atoms with Crippen molar-refractivity contribution in [1.82, 2.24) is 4.90 Å². The van der Waals surface area contributed by atoms with Crippen LogP contribution < -0.4 is 4.74 Å². The molecule has 9 rings (SSSR count). The average Bonchev–Trinajstić information content (AvgIpc) is 3.77. The molecule has 0 spiro atoms. The van der Waals surface area contributed by atoms with Crippen molar-refractivity contribution in [3.8, 4) is 5.75 Å². The molecule has 0 aromatic heterocycles. The normalized spacial score (nSPS) is 32.3. The van der Waals surface area contributed by atoms with Gasteiger partial charge in [-0.2, -0.15) is 0 Å². The third-order valence-electron chi connectivity index (χ3n) is 15.6. The number of methoxy groups -OCH3 is 1. The van der Waals surface area contributed by atoms with Gasteiger partial charge in [-0.15, -0.1) is 11.8 Å². The quantitative estimate of drug-likeness (QED) is 0.0639. The van der Waals surface area contributed by atoms with Crippen LogP contribution in [-0.2, 0) is 42.8 Å². The Bertz CT molecular complexity index is 2710. The number of rotatable bonds is 12. The Hall–Kier alpha value is -4.44. The number of aliphatic hydroxyl groups is 2. The Labute approximate surface area is 458 Å². The third kappa shape index (κ3) is 9.07. The number of nitrogens with zero attached hydrogens (tertiary/aromatic N) is 1. The van der Waals surface area contributed by atoms with Crippen molar-refractivity contribution in [2.45, 2.75) is 108 Å². The molecule has 5 aliphatic rings. The van der Waals surface area contributed by atoms with Gasteiger partial charge in [0.15, 0.2) is 24.2 Å². The summed E-state index contributed by atoms with van der Waals surface area (Å²) in [6, 6.07) is 31.6. The molecule has 15 nitrogen and oxygen atoms in total. The molecular formula is C55H59AcNO14S. The standard InChI is InChI=1S/C55H59NO14S.Ac/c1-31-38(68-51(61)44-42(33-17-11-8-12-18-33)56(48(59)34-19-13-9-14-20-34)49(69-44)35-23-25-37(64-6)26-24-35)28-55(63)47(70-50(60)36-21-15-10-16-22-36)45-53(5,39(66-30-71-7)27-40-54(45,62)29-65-40)46(58)43(67-32(2)57)41(31)52(55,3)4;/h8-26,38-40,42-45,47,49,62-63H,27-30H2,1-7H3;/t38?,39?,40?,42-,43?,44?,45?,47-,49+,53+,54?,55?;/m0./s1. The van der Waals surface area contributed by atoms with Gasteiger partial charge in [0, 0.05) is 86.3 Å². The van der Waals surface area contributed by atoms with Crippen LogP contribution in [0, 0.1) is 60.8 Å². The Morgan fingerprint density at radius 3 is 2.00 bits per heavy atom. The summed E-state index contributed by atoms with van der Waals surface area (Å²) in [7, 11) is 1.54. The van der Waals surface area contributed by atoms with E-state index in [9.17, 15) is 24.6 Å². The van der Waals surface area contributed by atoms with E-state index in [2.05, 4.69) is 0 Å². The van der Waals surface area contributed by atoms with Crippen molar-refractivity contribution in [2.24, 2.45) is 16.7 Å². The smallest absolute Gasteiger partial charge is 0.338 e. The van der Waals surface area contributed by atoms with Crippen molar-refractivity contribution in [3.05, 3.63) is 149 Å². The van der Waals surface area contributed by atoms with Gasteiger partial charge >= 0.3 is 17.9 Å². The molecular weight excluding hydrogens is 1160 g/mol. The molecule has 2 bridgehead atoms. The number of hydrogen-bond donors (Lipinski definition) is 2. The fraction of sp³-hybridized carbons (Fsp3) is 0.436. The zero-order valence-electron chi connectivity index (χ0n) is 41.2. The molecule has 17 heteroatoms. The molecule has 2 saturated heterocycles. The maximum absolute atomic E-state index is 15.9. The number of amides is 1. The molecule has 377 valence electrons. The number of thioether (sulfide) groups is 1. The van der Waals surface area contributed by atoms with Gasteiger partial charge in [-0.25, -0.2) is 9.59 Å². The minimum Gasteiger partial charge on any atom is -0.497 e. The molecule has 12 atom stereocenters. The van der Waals surface area contributed by atoms with Crippen molar-refractivity contribution >= 4 is 41.4 Å². The maximum Gasteiger partial charge on any atom is 0.338 e. The van der Waals surface area contributed by atoms with Gasteiger partial charge in [0.05, 0.1) is 48.9 Å². The van der Waals surface area contributed by atoms with Gasteiger partial charge in [0.1, 0.15) is 29.2 Å². The van der Waals surface area contributed by atoms with Crippen LogP contribution in [0.15, 0.2) is 126 Å². The van der Waals surface area contributed by atoms with E-state index in [-0.39, 0.29) is 74.2 Å². The van der Waals surface area contributed by atoms with Gasteiger partial charge in [-0.3, -0.25) is 19.3 Å². The number of carbonyl (C=O) groups excluding carboxylic acids is 5. The second-order valence-corrected chi connectivity index (χ2v) is 20.6. The van der Waals surface area contributed by atoms with Crippen LogP contribution in [0.25, 0.3) is 0 Å². The molecule has 2 heterocycles. The van der Waals surface area contributed by atoms with Crippen LogP contribution in [0.3, 0.4) is 0 Å². The van der Waals surface area contributed by atoms with E-state index in [0.29, 0.717) is 28.0 Å². The maximum atomic E-state index is 15.9. The number of fused-ring (bicyclic) bond motifs is 5. The fourth-order valence-electron chi connectivity index (χ4n) is 11.9. The van der Waals surface area contributed by atoms with E-state index < -0.39 is 113 Å². The van der Waals surface area contributed by atoms with Gasteiger partial charge < -0.3 is 43.4 Å². The van der Waals surface area contributed by atoms with Crippen LogP contribution in [0.2, 0.25) is 0 Å². The molecule has 1 amide bonds. The molecule has 8 unspecified atom stereocenters. The predicted molar refractivity (Wildman–Crippen MR) is 259 cm³/mol. The molecule has 2 aliphatic heterocycles. The van der Waals surface area contributed by atoms with Gasteiger partial charge in [-0.05, 0) is 73.2 Å². The van der Waals surface area contributed by atoms with E-state index in [1.165, 1.54) is 30.7 Å². The molecule has 4 aromatic rings. The summed E-state index contributed by atoms with van der Waals surface area (Å²) in [5.41, 5.74) is -5.56. The fourth-order valence-corrected chi connectivity index (χ4v) is 12.2. The van der Waals surface area contributed by atoms with E-state index in [4.69, 9.17) is 33.2 Å². The largest absolute Gasteiger partial charge is 0.497 e. The number of Topliss-reactive ketones (excluding diaryl/α,β-unsaturated/α-hetero) is 1. The second kappa shape index (κ2) is 21.1. The summed E-state index contributed by atoms with van der Waals surface area (Å²) < 4.78 is 43.8. The molecule has 2 N–H and O–H groups in total. The van der Waals surface area contributed by atoms with Crippen LogP contribution in [0.5, 0.6) is 5.75 Å². The summed E-state index contributed by atoms with van der Waals surface area (Å²) in [6.45, 7) is 7.45. The first-order valence-electron chi connectivity index (χ1n) is 23.7. The number of esters is 3. The van der Waals surface area contributed by atoms with Gasteiger partial charge in [0.2, 0.25) is 0 Å². The summed E-state index contributed by atoms with van der Waals surface area (Å²) in [6.07, 6.45) is -7.83. The number of ether oxygens (including phenoxy) is 7. The summed E-state index contributed by atoms with van der Waals surface area (Å²) in [5.74, 6) is -4.42. The topological polar surface area (TPSA) is 194 Å². The SMILES string of the molecule is COc1ccc([C@H]2OC(C(=O)OC3CC4(O)[C@@H](OC(=O)c5ccccc5)C5C6(O)COC6CC(OCSC)[C@@]5(C)C(=O)C(OC(C)=O)C(=C3C)C4(C)C)[C@H](c3ccccc3)N2C(=O)c2ccccc2)cc1.[Ac]. The molecule has 72 heavy (non-hydrogen) atoms. The molecule has 3 aliphatic carbocycles. The summed E-state index contributed by atoms with van der Waals surface area (Å²) in [5, 5.41) is 26.9. The first-order valence-corrected chi connectivity index (χ1v) is 25.1. The Kier molecular flexibility index (Phi) is 15.7. The van der Waals surface area contributed by atoms with E-state index in [1.54, 1.807) is 137 Å². The minimum atomic E-state index is -2.30. The number of carbonyl (C=O) groups is 5. The van der Waals surface area contributed by atoms with E-state index in [1.807, 2.05) is 12.3 Å². The van der Waals surface area contributed by atoms with Crippen LogP contribution >= 0.6 is 11.8 Å². The minimum absolute atomic E-state index is 0. The van der Waals surface area contributed by atoms with Crippen molar-refractivity contribution in [1.29, 1.82) is 0 Å². The van der Waals surface area contributed by atoms with Crippen LogP contribution in [0.1, 0.15) is 91.6 Å². The number of hydrogen-bond acceptors (Lipinski definition) is 15. The zero-order chi connectivity index (χ0) is 50.6. The Morgan fingerprint density at radius 1 is 0.819 bits per heavy atom. The first-order chi connectivity index (χ1) is 33.9. The first kappa shape index (κ1) is 53.8. The monoisotopic (exact) mass is 1220 g/mol. The Morgan fingerprint density at radius 2 is 1.43 bits per heavy atom. The molecule has 2 saturated carbocycles. The molecule has 1 radical (unpaired) electrons. The number of ketones is 1. The van der Waals surface area contributed by atoms with E-state index >= 15 is 9.59 Å². The zero-order valence-corrected chi connectivity index (χ0v) is 46.8. The van der Waals surface area contributed by atoms with E-state index in [0.717, 1.165) is 0 Å². The Balaban J connectivity index is 0.00000693. The van der Waals surface area contributed by atoms with Gasteiger partial charge in [-0.1, -0.05) is 92.7 Å². The van der Waals surface area contributed by atoms with Gasteiger partial charge in [0.25, 0.3) is 5.91 Å². The predicted octanol–water partition coefficient (Wildman–Crippen LogP) is 6.97.